The van der Waals surface area contributed by atoms with Crippen LogP contribution in [0.1, 0.15) is 20.3 Å². The first kappa shape index (κ1) is 9.17. The fraction of sp³-hybridized carbons (Fsp3) is 0.400. The van der Waals surface area contributed by atoms with E-state index in [-0.39, 0.29) is 0 Å². The minimum absolute atomic E-state index is 0.435. The van der Waals surface area contributed by atoms with Crippen molar-refractivity contribution in [3.8, 4) is 0 Å². The van der Waals surface area contributed by atoms with E-state index >= 15 is 0 Å². The zero-order chi connectivity index (χ0) is 9.19. The van der Waals surface area contributed by atoms with Crippen molar-refractivity contribution in [3.63, 3.8) is 0 Å². The largest absolute Gasteiger partial charge is 0.237 e. The summed E-state index contributed by atoms with van der Waals surface area (Å²) in [6.45, 7) is 2.45. The molecule has 66 valence electrons. The second kappa shape index (κ2) is 3.21. The number of alkyl halides is 1. The van der Waals surface area contributed by atoms with Crippen LogP contribution in [0.25, 0.3) is 0 Å². The van der Waals surface area contributed by atoms with Crippen molar-refractivity contribution in [1.82, 2.24) is 0 Å². The van der Waals surface area contributed by atoms with E-state index in [1.807, 2.05) is 6.08 Å². The second-order valence-corrected chi connectivity index (χ2v) is 3.30. The van der Waals surface area contributed by atoms with Gasteiger partial charge in [-0.1, -0.05) is 24.3 Å². The van der Waals surface area contributed by atoms with Gasteiger partial charge in [0.15, 0.2) is 5.67 Å². The first-order valence-electron chi connectivity index (χ1n) is 3.93. The van der Waals surface area contributed by atoms with Crippen LogP contribution in [0.4, 0.5) is 8.78 Å². The fourth-order valence-electron chi connectivity index (χ4n) is 1.06. The molecule has 0 unspecified atom stereocenters. The normalized spacial score (nSPS) is 21.3. The summed E-state index contributed by atoms with van der Waals surface area (Å²) < 4.78 is 26.3. The Morgan fingerprint density at radius 1 is 1.42 bits per heavy atom. The Kier molecular flexibility index (Phi) is 2.46. The lowest BCUT2D eigenvalue weighted by molar-refractivity contribution is 0.221. The molecule has 0 heterocycles. The van der Waals surface area contributed by atoms with Crippen LogP contribution in [0.3, 0.4) is 0 Å². The van der Waals surface area contributed by atoms with Crippen LogP contribution in [0.15, 0.2) is 35.7 Å². The average Bonchev–Trinajstić information content (AvgIpc) is 2.03. The first-order valence-corrected chi connectivity index (χ1v) is 3.93. The molecule has 0 atom stereocenters. The van der Waals surface area contributed by atoms with E-state index in [1.165, 1.54) is 13.8 Å². The van der Waals surface area contributed by atoms with Crippen LogP contribution >= 0.6 is 0 Å². The van der Waals surface area contributed by atoms with Crippen molar-refractivity contribution in [2.75, 3.05) is 0 Å². The first-order chi connectivity index (χ1) is 5.52. The minimum atomic E-state index is -1.86. The predicted octanol–water partition coefficient (Wildman–Crippen LogP) is 3.47. The quantitative estimate of drug-likeness (QED) is 0.565. The molecular formula is C10H12F2. The van der Waals surface area contributed by atoms with E-state index in [0.717, 1.165) is 0 Å². The molecule has 0 amide bonds. The average molecular weight is 170 g/mol. The zero-order valence-electron chi connectivity index (χ0n) is 7.27. The van der Waals surface area contributed by atoms with E-state index in [9.17, 15) is 8.78 Å². The van der Waals surface area contributed by atoms with Gasteiger partial charge in [0.1, 0.15) is 5.83 Å². The van der Waals surface area contributed by atoms with Crippen molar-refractivity contribution < 1.29 is 8.78 Å². The Labute approximate surface area is 71.3 Å². The summed E-state index contributed by atoms with van der Waals surface area (Å²) in [6.07, 6.45) is 7.43. The highest BCUT2D eigenvalue weighted by molar-refractivity contribution is 5.34. The highest BCUT2D eigenvalue weighted by Gasteiger charge is 2.24. The number of rotatable bonds is 1. The SMILES string of the molecule is CC(C)(F)/C(F)=C1/C=CC=CC1. The van der Waals surface area contributed by atoms with E-state index < -0.39 is 11.5 Å². The Morgan fingerprint density at radius 2 is 2.08 bits per heavy atom. The van der Waals surface area contributed by atoms with E-state index in [1.54, 1.807) is 18.2 Å². The smallest absolute Gasteiger partial charge is 0.156 e. The molecule has 0 fully saturated rings. The molecular weight excluding hydrogens is 158 g/mol. The van der Waals surface area contributed by atoms with Crippen LogP contribution in [0, 0.1) is 0 Å². The molecule has 0 nitrogen and oxygen atoms in total. The number of halogens is 2. The molecule has 2 heteroatoms. The van der Waals surface area contributed by atoms with Crippen LogP contribution in [-0.4, -0.2) is 5.67 Å². The molecule has 12 heavy (non-hydrogen) atoms. The van der Waals surface area contributed by atoms with Crippen LogP contribution in [0.2, 0.25) is 0 Å². The molecule has 0 saturated heterocycles. The van der Waals surface area contributed by atoms with Crippen molar-refractivity contribution in [3.05, 3.63) is 35.7 Å². The Hall–Kier alpha value is -0.920. The predicted molar refractivity (Wildman–Crippen MR) is 46.2 cm³/mol. The standard InChI is InChI=1S/C10H12F2/c1-10(2,12)9(11)8-6-4-3-5-7-8/h3-6H,7H2,1-2H3/b9-8+. The van der Waals surface area contributed by atoms with Gasteiger partial charge in [-0.2, -0.15) is 0 Å². The van der Waals surface area contributed by atoms with Gasteiger partial charge in [0.05, 0.1) is 0 Å². The monoisotopic (exact) mass is 170 g/mol. The van der Waals surface area contributed by atoms with Crippen molar-refractivity contribution in [1.29, 1.82) is 0 Å². The molecule has 0 aromatic carbocycles. The van der Waals surface area contributed by atoms with Gasteiger partial charge >= 0.3 is 0 Å². The molecule has 1 aliphatic rings. The van der Waals surface area contributed by atoms with Gasteiger partial charge in [-0.15, -0.1) is 0 Å². The van der Waals surface area contributed by atoms with Crippen molar-refractivity contribution in [2.45, 2.75) is 25.9 Å². The van der Waals surface area contributed by atoms with E-state index in [0.29, 0.717) is 12.0 Å². The Balaban J connectivity index is 2.91. The summed E-state index contributed by atoms with van der Waals surface area (Å²) in [5.74, 6) is -0.664. The summed E-state index contributed by atoms with van der Waals surface area (Å²) in [4.78, 5) is 0. The molecule has 0 aromatic heterocycles. The lowest BCUT2D eigenvalue weighted by Gasteiger charge is -2.15. The fourth-order valence-corrected chi connectivity index (χ4v) is 1.06. The van der Waals surface area contributed by atoms with Gasteiger partial charge in [0, 0.05) is 0 Å². The van der Waals surface area contributed by atoms with Crippen molar-refractivity contribution >= 4 is 0 Å². The lowest BCUT2D eigenvalue weighted by atomic mass is 10.00. The molecule has 0 spiro atoms. The van der Waals surface area contributed by atoms with Gasteiger partial charge in [0.25, 0.3) is 0 Å². The van der Waals surface area contributed by atoms with Gasteiger partial charge in [-0.3, -0.25) is 0 Å². The lowest BCUT2D eigenvalue weighted by Crippen LogP contribution is -2.14. The van der Waals surface area contributed by atoms with Gasteiger partial charge < -0.3 is 0 Å². The third kappa shape index (κ3) is 2.03. The van der Waals surface area contributed by atoms with Crippen LogP contribution in [0.5, 0.6) is 0 Å². The zero-order valence-corrected chi connectivity index (χ0v) is 7.27. The third-order valence-corrected chi connectivity index (χ3v) is 1.69. The van der Waals surface area contributed by atoms with E-state index in [2.05, 4.69) is 0 Å². The summed E-state index contributed by atoms with van der Waals surface area (Å²) in [7, 11) is 0. The molecule has 0 saturated carbocycles. The molecule has 1 aliphatic carbocycles. The van der Waals surface area contributed by atoms with Crippen molar-refractivity contribution in [2.24, 2.45) is 0 Å². The Morgan fingerprint density at radius 3 is 2.50 bits per heavy atom. The second-order valence-electron chi connectivity index (χ2n) is 3.30. The Bertz CT molecular complexity index is 252. The van der Waals surface area contributed by atoms with Gasteiger partial charge in [-0.25, -0.2) is 8.78 Å². The maximum Gasteiger partial charge on any atom is 0.156 e. The highest BCUT2D eigenvalue weighted by Crippen LogP contribution is 2.28. The molecule has 0 bridgehead atoms. The number of hydrogen-bond acceptors (Lipinski definition) is 0. The minimum Gasteiger partial charge on any atom is -0.237 e. The topological polar surface area (TPSA) is 0 Å². The van der Waals surface area contributed by atoms with Crippen LogP contribution < -0.4 is 0 Å². The highest BCUT2D eigenvalue weighted by atomic mass is 19.2. The molecule has 0 radical (unpaired) electrons. The molecule has 1 rings (SSSR count). The number of hydrogen-bond donors (Lipinski definition) is 0. The molecule has 0 aliphatic heterocycles. The van der Waals surface area contributed by atoms with E-state index in [4.69, 9.17) is 0 Å². The third-order valence-electron chi connectivity index (χ3n) is 1.69. The number of allylic oxidation sites excluding steroid dienone is 6. The summed E-state index contributed by atoms with van der Waals surface area (Å²) in [6, 6.07) is 0. The summed E-state index contributed by atoms with van der Waals surface area (Å²) in [5.41, 5.74) is -1.42. The van der Waals surface area contributed by atoms with Gasteiger partial charge in [0.2, 0.25) is 0 Å². The maximum absolute atomic E-state index is 13.2. The van der Waals surface area contributed by atoms with Gasteiger partial charge in [-0.05, 0) is 25.8 Å². The maximum atomic E-state index is 13.2. The molecule has 0 aromatic rings. The summed E-state index contributed by atoms with van der Waals surface area (Å²) in [5, 5.41) is 0. The summed E-state index contributed by atoms with van der Waals surface area (Å²) >= 11 is 0. The molecule has 0 N–H and O–H groups in total. The van der Waals surface area contributed by atoms with Crippen LogP contribution in [-0.2, 0) is 0 Å².